The molecule has 1 aliphatic rings. The largest absolute Gasteiger partial charge is 0.349 e. The highest BCUT2D eigenvalue weighted by Crippen LogP contribution is 2.17. The van der Waals surface area contributed by atoms with Crippen LogP contribution in [0.15, 0.2) is 24.3 Å². The van der Waals surface area contributed by atoms with E-state index in [9.17, 15) is 9.59 Å². The minimum Gasteiger partial charge on any atom is -0.349 e. The van der Waals surface area contributed by atoms with Crippen molar-refractivity contribution in [1.82, 2.24) is 10.2 Å². The fourth-order valence-corrected chi connectivity index (χ4v) is 2.78. The summed E-state index contributed by atoms with van der Waals surface area (Å²) in [6.45, 7) is 3.44. The molecule has 1 fully saturated rings. The van der Waals surface area contributed by atoms with Crippen LogP contribution >= 0.6 is 11.6 Å². The molecule has 4 nitrogen and oxygen atoms in total. The molecule has 0 atom stereocenters. The number of likely N-dealkylation sites (tertiary alicyclic amines) is 1. The summed E-state index contributed by atoms with van der Waals surface area (Å²) >= 11 is 6.02. The second-order valence-corrected chi connectivity index (χ2v) is 5.77. The van der Waals surface area contributed by atoms with Crippen LogP contribution < -0.4 is 5.32 Å². The second-order valence-electron chi connectivity index (χ2n) is 5.36. The monoisotopic (exact) mass is 308 g/mol. The molecule has 2 rings (SSSR count). The van der Waals surface area contributed by atoms with E-state index in [1.54, 1.807) is 24.3 Å². The average Bonchev–Trinajstić information content (AvgIpc) is 2.48. The first-order valence-electron chi connectivity index (χ1n) is 7.45. The molecule has 0 bridgehead atoms. The Morgan fingerprint density at radius 2 is 1.95 bits per heavy atom. The van der Waals surface area contributed by atoms with Crippen molar-refractivity contribution < 1.29 is 9.59 Å². The Kier molecular flexibility index (Phi) is 5.62. The van der Waals surface area contributed by atoms with Gasteiger partial charge >= 0.3 is 0 Å². The Bertz CT molecular complexity index is 511. The Morgan fingerprint density at radius 3 is 2.57 bits per heavy atom. The first-order chi connectivity index (χ1) is 10.1. The van der Waals surface area contributed by atoms with Crippen molar-refractivity contribution in [2.45, 2.75) is 38.6 Å². The summed E-state index contributed by atoms with van der Waals surface area (Å²) in [5.41, 5.74) is 0.503. The minimum absolute atomic E-state index is 0.111. The van der Waals surface area contributed by atoms with Gasteiger partial charge in [-0.25, -0.2) is 0 Å². The Labute approximate surface area is 130 Å². The van der Waals surface area contributed by atoms with E-state index in [1.165, 1.54) is 0 Å². The lowest BCUT2D eigenvalue weighted by atomic mass is 10.0. The molecule has 0 aromatic heterocycles. The zero-order valence-electron chi connectivity index (χ0n) is 12.3. The van der Waals surface area contributed by atoms with Crippen LogP contribution in [0.25, 0.3) is 0 Å². The van der Waals surface area contributed by atoms with Gasteiger partial charge in [-0.3, -0.25) is 9.59 Å². The maximum Gasteiger partial charge on any atom is 0.253 e. The van der Waals surface area contributed by atoms with Crippen LogP contribution in [0.4, 0.5) is 0 Å². The molecule has 0 radical (unpaired) electrons. The molecule has 2 amide bonds. The number of hydrogen-bond acceptors (Lipinski definition) is 2. The Hall–Kier alpha value is -1.55. The second kappa shape index (κ2) is 7.46. The van der Waals surface area contributed by atoms with E-state index in [0.717, 1.165) is 19.3 Å². The third-order valence-corrected chi connectivity index (χ3v) is 4.09. The molecule has 0 spiro atoms. The topological polar surface area (TPSA) is 49.4 Å². The van der Waals surface area contributed by atoms with Gasteiger partial charge < -0.3 is 10.2 Å². The molecule has 1 N–H and O–H groups in total. The quantitative estimate of drug-likeness (QED) is 0.930. The zero-order valence-corrected chi connectivity index (χ0v) is 13.0. The maximum absolute atomic E-state index is 12.2. The van der Waals surface area contributed by atoms with E-state index in [2.05, 4.69) is 5.32 Å². The molecule has 1 saturated heterocycles. The highest BCUT2D eigenvalue weighted by Gasteiger charge is 2.24. The first-order valence-corrected chi connectivity index (χ1v) is 7.82. The molecule has 0 aliphatic carbocycles. The average molecular weight is 309 g/mol. The summed E-state index contributed by atoms with van der Waals surface area (Å²) in [6.07, 6.45) is 3.08. The van der Waals surface area contributed by atoms with Gasteiger partial charge in [-0.05, 0) is 31.4 Å². The van der Waals surface area contributed by atoms with Crippen molar-refractivity contribution in [3.05, 3.63) is 34.9 Å². The van der Waals surface area contributed by atoms with Gasteiger partial charge in [0.2, 0.25) is 5.91 Å². The summed E-state index contributed by atoms with van der Waals surface area (Å²) in [4.78, 5) is 25.9. The molecular formula is C16H21ClN2O2. The van der Waals surface area contributed by atoms with E-state index in [1.807, 2.05) is 11.8 Å². The smallest absolute Gasteiger partial charge is 0.253 e. The van der Waals surface area contributed by atoms with Crippen molar-refractivity contribution in [2.24, 2.45) is 0 Å². The first kappa shape index (κ1) is 15.8. The van der Waals surface area contributed by atoms with Gasteiger partial charge in [0.25, 0.3) is 5.91 Å². The van der Waals surface area contributed by atoms with Gasteiger partial charge in [-0.2, -0.15) is 0 Å². The van der Waals surface area contributed by atoms with Crippen LogP contribution in [0.1, 0.15) is 43.0 Å². The zero-order chi connectivity index (χ0) is 15.2. The normalized spacial score (nSPS) is 15.8. The number of hydrogen-bond donors (Lipinski definition) is 1. The molecule has 1 aliphatic heterocycles. The summed E-state index contributed by atoms with van der Waals surface area (Å²) in [7, 11) is 0. The number of benzene rings is 1. The molecular weight excluding hydrogens is 288 g/mol. The molecule has 0 unspecified atom stereocenters. The van der Waals surface area contributed by atoms with Crippen LogP contribution in [-0.4, -0.2) is 35.8 Å². The van der Waals surface area contributed by atoms with Gasteiger partial charge in [0.15, 0.2) is 0 Å². The molecule has 21 heavy (non-hydrogen) atoms. The number of carbonyl (C=O) groups excluding carboxylic acids is 2. The summed E-state index contributed by atoms with van der Waals surface area (Å²) in [5.74, 6) is 0.0762. The van der Waals surface area contributed by atoms with E-state index < -0.39 is 0 Å². The molecule has 1 aromatic carbocycles. The van der Waals surface area contributed by atoms with Crippen molar-refractivity contribution >= 4 is 23.4 Å². The number of nitrogens with zero attached hydrogens (tertiary/aromatic N) is 1. The fraction of sp³-hybridized carbons (Fsp3) is 0.500. The number of piperidine rings is 1. The van der Waals surface area contributed by atoms with Crippen molar-refractivity contribution in [1.29, 1.82) is 0 Å². The van der Waals surface area contributed by atoms with Crippen LogP contribution in [0, 0.1) is 0 Å². The summed E-state index contributed by atoms with van der Waals surface area (Å²) < 4.78 is 0. The van der Waals surface area contributed by atoms with E-state index in [-0.39, 0.29) is 17.9 Å². The lowest BCUT2D eigenvalue weighted by molar-refractivity contribution is -0.132. The van der Waals surface area contributed by atoms with Crippen molar-refractivity contribution in [2.75, 3.05) is 13.1 Å². The molecule has 1 heterocycles. The lowest BCUT2D eigenvalue weighted by Crippen LogP contribution is -2.46. The van der Waals surface area contributed by atoms with E-state index >= 15 is 0 Å². The predicted octanol–water partition coefficient (Wildman–Crippen LogP) is 2.86. The molecule has 114 valence electrons. The van der Waals surface area contributed by atoms with Crippen molar-refractivity contribution in [3.63, 3.8) is 0 Å². The highest BCUT2D eigenvalue weighted by atomic mass is 35.5. The third-order valence-electron chi connectivity index (χ3n) is 3.77. The lowest BCUT2D eigenvalue weighted by Gasteiger charge is -2.32. The van der Waals surface area contributed by atoms with Crippen LogP contribution in [0.5, 0.6) is 0 Å². The van der Waals surface area contributed by atoms with E-state index in [0.29, 0.717) is 30.1 Å². The van der Waals surface area contributed by atoms with Gasteiger partial charge in [0.1, 0.15) is 0 Å². The standard InChI is InChI=1S/C16H21ClN2O2/c1-2-5-15(20)19-10-8-12(9-11-19)18-16(21)13-6-3-4-7-14(13)17/h3-4,6-7,12H,2,5,8-11H2,1H3,(H,18,21). The Morgan fingerprint density at radius 1 is 1.29 bits per heavy atom. The molecule has 1 aromatic rings. The van der Waals surface area contributed by atoms with Gasteiger partial charge in [0.05, 0.1) is 10.6 Å². The van der Waals surface area contributed by atoms with Crippen LogP contribution in [-0.2, 0) is 4.79 Å². The third kappa shape index (κ3) is 4.21. The van der Waals surface area contributed by atoms with Gasteiger partial charge in [-0.1, -0.05) is 30.7 Å². The maximum atomic E-state index is 12.2. The summed E-state index contributed by atoms with van der Waals surface area (Å²) in [5, 5.41) is 3.47. The van der Waals surface area contributed by atoms with Crippen LogP contribution in [0.3, 0.4) is 0 Å². The number of nitrogens with one attached hydrogen (secondary N) is 1. The summed E-state index contributed by atoms with van der Waals surface area (Å²) in [6, 6.07) is 7.14. The number of carbonyl (C=O) groups is 2. The fourth-order valence-electron chi connectivity index (χ4n) is 2.55. The van der Waals surface area contributed by atoms with Gasteiger partial charge in [-0.15, -0.1) is 0 Å². The number of halogens is 1. The highest BCUT2D eigenvalue weighted by molar-refractivity contribution is 6.33. The SMILES string of the molecule is CCCC(=O)N1CCC(NC(=O)c2ccccc2Cl)CC1. The molecule has 5 heteroatoms. The predicted molar refractivity (Wildman–Crippen MR) is 83.4 cm³/mol. The minimum atomic E-state index is -0.140. The van der Waals surface area contributed by atoms with Crippen LogP contribution in [0.2, 0.25) is 5.02 Å². The molecule has 0 saturated carbocycles. The van der Waals surface area contributed by atoms with Crippen molar-refractivity contribution in [3.8, 4) is 0 Å². The number of rotatable bonds is 4. The number of amides is 2. The van der Waals surface area contributed by atoms with E-state index in [4.69, 9.17) is 11.6 Å². The Balaban J connectivity index is 1.85. The van der Waals surface area contributed by atoms with Gasteiger partial charge in [0, 0.05) is 25.6 Å².